The molecule has 1 aromatic heterocycles. The van der Waals surface area contributed by atoms with Crippen molar-refractivity contribution in [1.29, 1.82) is 0 Å². The van der Waals surface area contributed by atoms with Crippen LogP contribution in [0.2, 0.25) is 0 Å². The minimum absolute atomic E-state index is 0.0210. The van der Waals surface area contributed by atoms with Crippen LogP contribution in [0.4, 0.5) is 6.01 Å². The van der Waals surface area contributed by atoms with Crippen LogP contribution in [0.15, 0.2) is 28.7 Å². The van der Waals surface area contributed by atoms with E-state index in [2.05, 4.69) is 10.2 Å². The number of carboxylic acid groups (broad SMARTS) is 1. The van der Waals surface area contributed by atoms with Gasteiger partial charge < -0.3 is 15.3 Å². The number of anilines is 1. The number of nitrogens with two attached hydrogens (primary N) is 1. The molecule has 0 radical (unpaired) electrons. The molecule has 0 saturated heterocycles. The number of benzene rings is 1. The molecule has 0 spiro atoms. The molecule has 15 heavy (non-hydrogen) atoms. The Labute approximate surface area is 84.4 Å². The standard InChI is InChI=1S/C9H7N3O3/c10-9-12-11-7(15-9)5-1-3-6(4-2-5)8(13)14/h1-4H,(H2,10,12)(H,13,14). The Morgan fingerprint density at radius 3 is 2.40 bits per heavy atom. The van der Waals surface area contributed by atoms with E-state index in [0.717, 1.165) is 0 Å². The van der Waals surface area contributed by atoms with Gasteiger partial charge in [0.1, 0.15) is 0 Å². The fourth-order valence-electron chi connectivity index (χ4n) is 1.11. The van der Waals surface area contributed by atoms with Crippen molar-refractivity contribution in [1.82, 2.24) is 10.2 Å². The van der Waals surface area contributed by atoms with Gasteiger partial charge in [-0.05, 0) is 24.3 Å². The van der Waals surface area contributed by atoms with Gasteiger partial charge in [-0.1, -0.05) is 5.10 Å². The number of hydrogen-bond donors (Lipinski definition) is 2. The number of aromatic carboxylic acids is 1. The lowest BCUT2D eigenvalue weighted by atomic mass is 10.1. The predicted molar refractivity (Wildman–Crippen MR) is 51.1 cm³/mol. The maximum Gasteiger partial charge on any atom is 0.335 e. The first-order valence-electron chi connectivity index (χ1n) is 4.09. The van der Waals surface area contributed by atoms with Crippen LogP contribution in [-0.2, 0) is 0 Å². The van der Waals surface area contributed by atoms with E-state index in [-0.39, 0.29) is 17.5 Å². The first-order chi connectivity index (χ1) is 7.16. The van der Waals surface area contributed by atoms with Crippen LogP contribution in [0.25, 0.3) is 11.5 Å². The van der Waals surface area contributed by atoms with Crippen LogP contribution in [0, 0.1) is 0 Å². The fourth-order valence-corrected chi connectivity index (χ4v) is 1.11. The Bertz CT molecular complexity index is 490. The van der Waals surface area contributed by atoms with E-state index in [1.807, 2.05) is 0 Å². The summed E-state index contributed by atoms with van der Waals surface area (Å²) in [6, 6.07) is 6.05. The highest BCUT2D eigenvalue weighted by Gasteiger charge is 2.07. The topological polar surface area (TPSA) is 102 Å². The van der Waals surface area contributed by atoms with Crippen molar-refractivity contribution >= 4 is 12.0 Å². The summed E-state index contributed by atoms with van der Waals surface area (Å²) < 4.78 is 4.98. The summed E-state index contributed by atoms with van der Waals surface area (Å²) in [6.45, 7) is 0. The van der Waals surface area contributed by atoms with E-state index in [1.165, 1.54) is 12.1 Å². The molecule has 76 valence electrons. The molecule has 0 bridgehead atoms. The summed E-state index contributed by atoms with van der Waals surface area (Å²) in [4.78, 5) is 10.6. The lowest BCUT2D eigenvalue weighted by Gasteiger charge is -1.95. The zero-order chi connectivity index (χ0) is 10.8. The molecule has 1 aromatic carbocycles. The van der Waals surface area contributed by atoms with Crippen molar-refractivity contribution < 1.29 is 14.3 Å². The lowest BCUT2D eigenvalue weighted by Crippen LogP contribution is -1.94. The first kappa shape index (κ1) is 9.20. The Morgan fingerprint density at radius 2 is 1.93 bits per heavy atom. The van der Waals surface area contributed by atoms with Gasteiger partial charge in [-0.15, -0.1) is 5.10 Å². The van der Waals surface area contributed by atoms with Crippen LogP contribution >= 0.6 is 0 Å². The quantitative estimate of drug-likeness (QED) is 0.758. The van der Waals surface area contributed by atoms with E-state index in [4.69, 9.17) is 15.3 Å². The number of hydrogen-bond acceptors (Lipinski definition) is 5. The summed E-state index contributed by atoms with van der Waals surface area (Å²) in [5.41, 5.74) is 6.09. The largest absolute Gasteiger partial charge is 0.478 e. The number of carboxylic acids is 1. The maximum atomic E-state index is 10.6. The van der Waals surface area contributed by atoms with Gasteiger partial charge in [-0.25, -0.2) is 4.79 Å². The molecule has 0 atom stereocenters. The third kappa shape index (κ3) is 1.78. The number of rotatable bonds is 2. The Balaban J connectivity index is 2.35. The number of nitrogens with zero attached hydrogens (tertiary/aromatic N) is 2. The number of carbonyl (C=O) groups is 1. The predicted octanol–water partition coefficient (Wildman–Crippen LogP) is 1.02. The second-order valence-electron chi connectivity index (χ2n) is 2.83. The zero-order valence-corrected chi connectivity index (χ0v) is 7.54. The van der Waals surface area contributed by atoms with E-state index in [0.29, 0.717) is 5.56 Å². The van der Waals surface area contributed by atoms with Gasteiger partial charge in [0.15, 0.2) is 0 Å². The second kappa shape index (κ2) is 3.41. The summed E-state index contributed by atoms with van der Waals surface area (Å²) in [7, 11) is 0. The summed E-state index contributed by atoms with van der Waals surface area (Å²) in [5.74, 6) is -0.712. The second-order valence-corrected chi connectivity index (χ2v) is 2.83. The van der Waals surface area contributed by atoms with E-state index in [9.17, 15) is 4.79 Å². The van der Waals surface area contributed by atoms with Crippen molar-refractivity contribution in [3.05, 3.63) is 29.8 Å². The third-order valence-corrected chi connectivity index (χ3v) is 1.82. The molecular weight excluding hydrogens is 198 g/mol. The van der Waals surface area contributed by atoms with Crippen molar-refractivity contribution in [2.75, 3.05) is 5.73 Å². The molecule has 0 fully saturated rings. The molecule has 0 saturated carbocycles. The van der Waals surface area contributed by atoms with Crippen molar-refractivity contribution in [2.45, 2.75) is 0 Å². The van der Waals surface area contributed by atoms with Crippen molar-refractivity contribution in [3.8, 4) is 11.5 Å². The average Bonchev–Trinajstić information content (AvgIpc) is 2.65. The van der Waals surface area contributed by atoms with Crippen LogP contribution in [0.3, 0.4) is 0 Å². The van der Waals surface area contributed by atoms with Gasteiger partial charge in [-0.3, -0.25) is 0 Å². The first-order valence-corrected chi connectivity index (χ1v) is 4.09. The summed E-state index contributed by atoms with van der Waals surface area (Å²) in [6.07, 6.45) is 0. The highest BCUT2D eigenvalue weighted by Crippen LogP contribution is 2.18. The highest BCUT2D eigenvalue weighted by atomic mass is 16.4. The van der Waals surface area contributed by atoms with Gasteiger partial charge in [0.25, 0.3) is 0 Å². The molecule has 0 unspecified atom stereocenters. The molecule has 0 aliphatic heterocycles. The fraction of sp³-hybridized carbons (Fsp3) is 0. The Hall–Kier alpha value is -2.37. The highest BCUT2D eigenvalue weighted by molar-refractivity contribution is 5.88. The SMILES string of the molecule is Nc1nnc(-c2ccc(C(=O)O)cc2)o1. The molecule has 0 aliphatic rings. The van der Waals surface area contributed by atoms with Crippen molar-refractivity contribution in [3.63, 3.8) is 0 Å². The van der Waals surface area contributed by atoms with Gasteiger partial charge >= 0.3 is 12.0 Å². The number of aromatic nitrogens is 2. The molecule has 0 amide bonds. The van der Waals surface area contributed by atoms with Gasteiger partial charge in [0.2, 0.25) is 5.89 Å². The van der Waals surface area contributed by atoms with Crippen LogP contribution in [0.1, 0.15) is 10.4 Å². The minimum Gasteiger partial charge on any atom is -0.478 e. The Kier molecular flexibility index (Phi) is 2.09. The van der Waals surface area contributed by atoms with Gasteiger partial charge in [0, 0.05) is 5.56 Å². The van der Waals surface area contributed by atoms with Crippen molar-refractivity contribution in [2.24, 2.45) is 0 Å². The van der Waals surface area contributed by atoms with Gasteiger partial charge in [0.05, 0.1) is 5.56 Å². The molecule has 6 nitrogen and oxygen atoms in total. The normalized spacial score (nSPS) is 10.1. The smallest absolute Gasteiger partial charge is 0.335 e. The summed E-state index contributed by atoms with van der Waals surface area (Å²) >= 11 is 0. The third-order valence-electron chi connectivity index (χ3n) is 1.82. The van der Waals surface area contributed by atoms with Gasteiger partial charge in [-0.2, -0.15) is 0 Å². The lowest BCUT2D eigenvalue weighted by molar-refractivity contribution is 0.0697. The van der Waals surface area contributed by atoms with Crippen LogP contribution in [-0.4, -0.2) is 21.3 Å². The van der Waals surface area contributed by atoms with E-state index >= 15 is 0 Å². The Morgan fingerprint density at radius 1 is 1.27 bits per heavy atom. The molecule has 1 heterocycles. The van der Waals surface area contributed by atoms with E-state index in [1.54, 1.807) is 12.1 Å². The molecule has 6 heteroatoms. The average molecular weight is 205 g/mol. The zero-order valence-electron chi connectivity index (χ0n) is 7.54. The monoisotopic (exact) mass is 205 g/mol. The van der Waals surface area contributed by atoms with Crippen LogP contribution < -0.4 is 5.73 Å². The minimum atomic E-state index is -0.980. The molecule has 2 rings (SSSR count). The molecule has 2 aromatic rings. The molecule has 0 aliphatic carbocycles. The summed E-state index contributed by atoms with van der Waals surface area (Å²) in [5, 5.41) is 15.8. The maximum absolute atomic E-state index is 10.6. The molecule has 3 N–H and O–H groups in total. The van der Waals surface area contributed by atoms with Crippen LogP contribution in [0.5, 0.6) is 0 Å². The number of nitrogen functional groups attached to an aromatic ring is 1. The molecular formula is C9H7N3O3. The van der Waals surface area contributed by atoms with E-state index < -0.39 is 5.97 Å².